The van der Waals surface area contributed by atoms with Gasteiger partial charge in [0.15, 0.2) is 5.78 Å². The highest BCUT2D eigenvalue weighted by Crippen LogP contribution is 2.30. The van der Waals surface area contributed by atoms with Gasteiger partial charge in [-0.1, -0.05) is 30.3 Å². The predicted octanol–water partition coefficient (Wildman–Crippen LogP) is 2.60. The SMILES string of the molecule is CC(=O)C1=C(OS(=O)(=O)C(F)(F)F)CCN(Cc2ccccc2)C1. The van der Waals surface area contributed by atoms with Crippen molar-refractivity contribution in [2.45, 2.75) is 25.4 Å². The van der Waals surface area contributed by atoms with Crippen LogP contribution in [0.25, 0.3) is 0 Å². The molecule has 1 heterocycles. The van der Waals surface area contributed by atoms with Crippen LogP contribution in [0.4, 0.5) is 13.2 Å². The van der Waals surface area contributed by atoms with Crippen LogP contribution in [0.5, 0.6) is 0 Å². The first-order valence-electron chi connectivity index (χ1n) is 7.10. The second-order valence-corrected chi connectivity index (χ2v) is 6.93. The summed E-state index contributed by atoms with van der Waals surface area (Å²) >= 11 is 0. The number of alkyl halides is 3. The molecule has 0 aliphatic carbocycles. The number of nitrogens with zero attached hydrogens (tertiary/aromatic N) is 1. The lowest BCUT2D eigenvalue weighted by Gasteiger charge is -2.29. The Morgan fingerprint density at radius 1 is 1.25 bits per heavy atom. The zero-order valence-electron chi connectivity index (χ0n) is 12.8. The fourth-order valence-electron chi connectivity index (χ4n) is 2.36. The monoisotopic (exact) mass is 363 g/mol. The molecule has 24 heavy (non-hydrogen) atoms. The quantitative estimate of drug-likeness (QED) is 0.594. The van der Waals surface area contributed by atoms with Crippen LogP contribution in [0.3, 0.4) is 0 Å². The maximum Gasteiger partial charge on any atom is 0.534 e. The van der Waals surface area contributed by atoms with E-state index >= 15 is 0 Å². The minimum atomic E-state index is -5.77. The van der Waals surface area contributed by atoms with Gasteiger partial charge in [-0.15, -0.1) is 0 Å². The molecule has 132 valence electrons. The van der Waals surface area contributed by atoms with E-state index in [0.29, 0.717) is 6.54 Å². The van der Waals surface area contributed by atoms with Crippen molar-refractivity contribution in [1.29, 1.82) is 0 Å². The number of hydrogen-bond acceptors (Lipinski definition) is 5. The van der Waals surface area contributed by atoms with E-state index in [0.717, 1.165) is 5.56 Å². The van der Waals surface area contributed by atoms with Crippen molar-refractivity contribution in [2.75, 3.05) is 13.1 Å². The topological polar surface area (TPSA) is 63.7 Å². The number of rotatable bonds is 5. The molecule has 0 spiro atoms. The third-order valence-electron chi connectivity index (χ3n) is 3.54. The van der Waals surface area contributed by atoms with Gasteiger partial charge in [-0.3, -0.25) is 9.69 Å². The summed E-state index contributed by atoms with van der Waals surface area (Å²) in [6.07, 6.45) is -0.0863. The Morgan fingerprint density at radius 3 is 2.42 bits per heavy atom. The Hall–Kier alpha value is -1.87. The predicted molar refractivity (Wildman–Crippen MR) is 80.1 cm³/mol. The first kappa shape index (κ1) is 18.5. The normalized spacial score (nSPS) is 17.0. The third-order valence-corrected chi connectivity index (χ3v) is 4.53. The van der Waals surface area contributed by atoms with E-state index in [1.165, 1.54) is 6.92 Å². The van der Waals surface area contributed by atoms with Crippen LogP contribution < -0.4 is 0 Å². The molecule has 0 aromatic heterocycles. The zero-order chi connectivity index (χ0) is 18.0. The summed E-state index contributed by atoms with van der Waals surface area (Å²) in [5.74, 6) is -0.940. The minimum Gasteiger partial charge on any atom is -0.380 e. The van der Waals surface area contributed by atoms with Crippen molar-refractivity contribution in [3.63, 3.8) is 0 Å². The summed E-state index contributed by atoms with van der Waals surface area (Å²) < 4.78 is 63.9. The van der Waals surface area contributed by atoms with Gasteiger partial charge in [-0.25, -0.2) is 0 Å². The number of benzene rings is 1. The Bertz CT molecular complexity index is 742. The van der Waals surface area contributed by atoms with Gasteiger partial charge in [0, 0.05) is 31.6 Å². The minimum absolute atomic E-state index is 0.0347. The maximum atomic E-state index is 12.4. The van der Waals surface area contributed by atoms with Crippen LogP contribution in [0.1, 0.15) is 18.9 Å². The lowest BCUT2D eigenvalue weighted by Crippen LogP contribution is -2.35. The summed E-state index contributed by atoms with van der Waals surface area (Å²) in [6, 6.07) is 9.33. The van der Waals surface area contributed by atoms with Gasteiger partial charge in [-0.2, -0.15) is 21.6 Å². The second kappa shape index (κ2) is 6.94. The molecular weight excluding hydrogens is 347 g/mol. The van der Waals surface area contributed by atoms with Crippen LogP contribution in [0, 0.1) is 0 Å². The van der Waals surface area contributed by atoms with E-state index in [9.17, 15) is 26.4 Å². The number of Topliss-reactive ketones (excluding diaryl/α,β-unsaturated/α-hetero) is 1. The van der Waals surface area contributed by atoms with Crippen LogP contribution in [-0.4, -0.2) is 37.7 Å². The lowest BCUT2D eigenvalue weighted by molar-refractivity contribution is -0.114. The molecule has 0 radical (unpaired) electrons. The van der Waals surface area contributed by atoms with Gasteiger partial charge in [0.1, 0.15) is 5.76 Å². The van der Waals surface area contributed by atoms with Crippen LogP contribution in [-0.2, 0) is 25.6 Å². The van der Waals surface area contributed by atoms with Gasteiger partial charge in [0.2, 0.25) is 0 Å². The molecule has 0 unspecified atom stereocenters. The van der Waals surface area contributed by atoms with Gasteiger partial charge in [0.05, 0.1) is 0 Å². The van der Waals surface area contributed by atoms with Crippen LogP contribution >= 0.6 is 0 Å². The molecule has 0 bridgehead atoms. The largest absolute Gasteiger partial charge is 0.534 e. The average molecular weight is 363 g/mol. The summed E-state index contributed by atoms with van der Waals surface area (Å²) in [5, 5.41) is 0. The average Bonchev–Trinajstić information content (AvgIpc) is 2.48. The third kappa shape index (κ3) is 4.35. The van der Waals surface area contributed by atoms with E-state index in [2.05, 4.69) is 4.18 Å². The first-order chi connectivity index (χ1) is 11.1. The van der Waals surface area contributed by atoms with E-state index in [-0.39, 0.29) is 25.1 Å². The molecule has 1 aromatic carbocycles. The van der Waals surface area contributed by atoms with Crippen molar-refractivity contribution in [3.8, 4) is 0 Å². The summed E-state index contributed by atoms with van der Waals surface area (Å²) in [5.41, 5.74) is -4.60. The van der Waals surface area contributed by atoms with Crippen LogP contribution in [0.15, 0.2) is 41.7 Å². The molecule has 0 saturated carbocycles. The van der Waals surface area contributed by atoms with Gasteiger partial charge in [-0.05, 0) is 12.5 Å². The van der Waals surface area contributed by atoms with Crippen molar-refractivity contribution in [1.82, 2.24) is 4.90 Å². The summed E-state index contributed by atoms with van der Waals surface area (Å²) in [7, 11) is -5.77. The van der Waals surface area contributed by atoms with Gasteiger partial charge < -0.3 is 4.18 Å². The number of hydrogen-bond donors (Lipinski definition) is 0. The fourth-order valence-corrected chi connectivity index (χ4v) is 2.90. The molecule has 2 rings (SSSR count). The van der Waals surface area contributed by atoms with Gasteiger partial charge in [0.25, 0.3) is 0 Å². The van der Waals surface area contributed by atoms with E-state index in [1.54, 1.807) is 0 Å². The molecule has 0 saturated heterocycles. The van der Waals surface area contributed by atoms with Crippen molar-refractivity contribution in [3.05, 3.63) is 47.2 Å². The Kier molecular flexibility index (Phi) is 5.34. The molecule has 0 fully saturated rings. The number of halogens is 3. The summed E-state index contributed by atoms with van der Waals surface area (Å²) in [4.78, 5) is 13.5. The molecule has 0 N–H and O–H groups in total. The molecule has 0 atom stereocenters. The standard InChI is InChI=1S/C15H16F3NO4S/c1-11(20)13-10-19(9-12-5-3-2-4-6-12)8-7-14(13)23-24(21,22)15(16,17)18/h2-6H,7-10H2,1H3. The molecule has 1 aromatic rings. The Morgan fingerprint density at radius 2 is 1.88 bits per heavy atom. The van der Waals surface area contributed by atoms with E-state index in [1.807, 2.05) is 35.2 Å². The fraction of sp³-hybridized carbons (Fsp3) is 0.400. The summed E-state index contributed by atoms with van der Waals surface area (Å²) in [6.45, 7) is 1.99. The van der Waals surface area contributed by atoms with Crippen molar-refractivity contribution < 1.29 is 30.6 Å². The molecule has 9 heteroatoms. The lowest BCUT2D eigenvalue weighted by atomic mass is 10.0. The highest BCUT2D eigenvalue weighted by atomic mass is 32.2. The van der Waals surface area contributed by atoms with Gasteiger partial charge >= 0.3 is 15.6 Å². The van der Waals surface area contributed by atoms with E-state index < -0.39 is 27.2 Å². The highest BCUT2D eigenvalue weighted by molar-refractivity contribution is 7.87. The Balaban J connectivity index is 2.19. The van der Waals surface area contributed by atoms with Crippen molar-refractivity contribution in [2.24, 2.45) is 0 Å². The van der Waals surface area contributed by atoms with Crippen molar-refractivity contribution >= 4 is 15.9 Å². The molecule has 1 aliphatic rings. The number of ketones is 1. The van der Waals surface area contributed by atoms with Crippen LogP contribution in [0.2, 0.25) is 0 Å². The molecular formula is C15H16F3NO4S. The second-order valence-electron chi connectivity index (χ2n) is 5.39. The smallest absolute Gasteiger partial charge is 0.380 e. The van der Waals surface area contributed by atoms with E-state index in [4.69, 9.17) is 0 Å². The number of carbonyl (C=O) groups excluding carboxylic acids is 1. The highest BCUT2D eigenvalue weighted by Gasteiger charge is 2.49. The first-order valence-corrected chi connectivity index (χ1v) is 8.51. The molecule has 0 amide bonds. The Labute approximate surface area is 137 Å². The molecule has 1 aliphatic heterocycles. The maximum absolute atomic E-state index is 12.4. The zero-order valence-corrected chi connectivity index (χ0v) is 13.7. The molecule has 5 nitrogen and oxygen atoms in total. The number of carbonyl (C=O) groups is 1.